The molecule has 31 heavy (non-hydrogen) atoms. The summed E-state index contributed by atoms with van der Waals surface area (Å²) in [5, 5.41) is 0.543. The largest absolute Gasteiger partial charge is 0.279 e. The van der Waals surface area contributed by atoms with Crippen LogP contribution in [-0.2, 0) is 16.4 Å². The summed E-state index contributed by atoms with van der Waals surface area (Å²) in [5.74, 6) is -0.454. The zero-order chi connectivity index (χ0) is 22.0. The molecule has 7 heteroatoms. The zero-order valence-electron chi connectivity index (χ0n) is 17.3. The third-order valence-corrected chi connectivity index (χ3v) is 7.93. The van der Waals surface area contributed by atoms with Gasteiger partial charge in [0, 0.05) is 0 Å². The molecule has 0 bridgehead atoms. The molecule has 0 N–H and O–H groups in total. The molecule has 3 aromatic carbocycles. The van der Waals surface area contributed by atoms with Crippen molar-refractivity contribution in [1.82, 2.24) is 4.98 Å². The molecule has 0 unspecified atom stereocenters. The van der Waals surface area contributed by atoms with Gasteiger partial charge in [-0.15, -0.1) is 0 Å². The topological polar surface area (TPSA) is 67.3 Å². The Bertz CT molecular complexity index is 1350. The number of rotatable bonds is 6. The van der Waals surface area contributed by atoms with Crippen LogP contribution in [0.25, 0.3) is 10.2 Å². The Kier molecular flexibility index (Phi) is 5.89. The minimum atomic E-state index is -3.56. The van der Waals surface area contributed by atoms with Crippen molar-refractivity contribution in [1.29, 1.82) is 0 Å². The molecule has 0 aliphatic carbocycles. The van der Waals surface area contributed by atoms with E-state index in [0.29, 0.717) is 11.7 Å². The molecule has 0 aliphatic rings. The van der Waals surface area contributed by atoms with Crippen molar-refractivity contribution in [2.75, 3.05) is 10.7 Å². The molecule has 0 spiro atoms. The first-order valence-electron chi connectivity index (χ1n) is 9.94. The third-order valence-electron chi connectivity index (χ3n) is 5.10. The van der Waals surface area contributed by atoms with Gasteiger partial charge in [0.2, 0.25) is 0 Å². The summed E-state index contributed by atoms with van der Waals surface area (Å²) in [6.45, 7) is 3.85. The van der Waals surface area contributed by atoms with Gasteiger partial charge < -0.3 is 0 Å². The van der Waals surface area contributed by atoms with E-state index in [2.05, 4.69) is 0 Å². The summed E-state index contributed by atoms with van der Waals surface area (Å²) in [7, 11) is -3.56. The van der Waals surface area contributed by atoms with Crippen molar-refractivity contribution < 1.29 is 13.2 Å². The predicted molar refractivity (Wildman–Crippen MR) is 125 cm³/mol. The van der Waals surface area contributed by atoms with E-state index in [1.165, 1.54) is 17.4 Å². The van der Waals surface area contributed by atoms with Gasteiger partial charge in [-0.05, 0) is 36.2 Å². The van der Waals surface area contributed by atoms with E-state index in [9.17, 15) is 13.2 Å². The van der Waals surface area contributed by atoms with E-state index in [0.717, 1.165) is 21.3 Å². The summed E-state index contributed by atoms with van der Waals surface area (Å²) < 4.78 is 26.3. The van der Waals surface area contributed by atoms with Gasteiger partial charge in [0.25, 0.3) is 5.91 Å². The van der Waals surface area contributed by atoms with Crippen molar-refractivity contribution in [2.45, 2.75) is 25.3 Å². The summed E-state index contributed by atoms with van der Waals surface area (Å²) >= 11 is 1.43. The standard InChI is InChI=1S/C24H22N2O3S2/c1-3-31(28,29)21-15-8-7-13-19(21)23(27)26(16-18-11-5-4-6-12-18)24-25-22-17(2)10-9-14-20(22)30-24/h4-15H,3,16H2,1-2H3. The van der Waals surface area contributed by atoms with Gasteiger partial charge in [0.1, 0.15) is 0 Å². The zero-order valence-corrected chi connectivity index (χ0v) is 18.9. The van der Waals surface area contributed by atoms with Crippen LogP contribution in [-0.4, -0.2) is 25.1 Å². The van der Waals surface area contributed by atoms with Gasteiger partial charge in [-0.3, -0.25) is 9.69 Å². The molecule has 0 fully saturated rings. The number of anilines is 1. The average Bonchev–Trinajstić information content (AvgIpc) is 3.23. The number of aromatic nitrogens is 1. The van der Waals surface area contributed by atoms with Gasteiger partial charge in [-0.25, -0.2) is 13.4 Å². The van der Waals surface area contributed by atoms with Crippen molar-refractivity contribution in [3.63, 3.8) is 0 Å². The number of thiazole rings is 1. The molecule has 0 radical (unpaired) electrons. The second-order valence-electron chi connectivity index (χ2n) is 7.19. The quantitative estimate of drug-likeness (QED) is 0.403. The summed E-state index contributed by atoms with van der Waals surface area (Å²) in [6.07, 6.45) is 0. The number of benzene rings is 3. The van der Waals surface area contributed by atoms with E-state index in [4.69, 9.17) is 4.98 Å². The lowest BCUT2D eigenvalue weighted by molar-refractivity contribution is 0.0982. The maximum absolute atomic E-state index is 13.7. The summed E-state index contributed by atoms with van der Waals surface area (Å²) in [4.78, 5) is 20.1. The van der Waals surface area contributed by atoms with Crippen LogP contribution >= 0.6 is 11.3 Å². The van der Waals surface area contributed by atoms with E-state index in [-0.39, 0.29) is 22.1 Å². The molecule has 0 saturated heterocycles. The Morgan fingerprint density at radius 2 is 1.68 bits per heavy atom. The predicted octanol–water partition coefficient (Wildman–Crippen LogP) is 5.25. The summed E-state index contributed by atoms with van der Waals surface area (Å²) in [5.41, 5.74) is 2.97. The fourth-order valence-corrected chi connectivity index (χ4v) is 5.53. The molecular weight excluding hydrogens is 428 g/mol. The lowest BCUT2D eigenvalue weighted by Gasteiger charge is -2.21. The van der Waals surface area contributed by atoms with Gasteiger partial charge in [0.05, 0.1) is 33.0 Å². The third kappa shape index (κ3) is 4.24. The van der Waals surface area contributed by atoms with Crippen LogP contribution < -0.4 is 4.90 Å². The molecule has 4 rings (SSSR count). The maximum Gasteiger partial charge on any atom is 0.261 e. The Morgan fingerprint density at radius 1 is 0.968 bits per heavy atom. The highest BCUT2D eigenvalue weighted by Gasteiger charge is 2.27. The fourth-order valence-electron chi connectivity index (χ4n) is 3.40. The average molecular weight is 451 g/mol. The number of fused-ring (bicyclic) bond motifs is 1. The number of nitrogens with zero attached hydrogens (tertiary/aromatic N) is 2. The van der Waals surface area contributed by atoms with Crippen LogP contribution in [0.1, 0.15) is 28.4 Å². The molecule has 1 aromatic heterocycles. The highest BCUT2D eigenvalue weighted by atomic mass is 32.2. The number of aryl methyl sites for hydroxylation is 1. The molecule has 4 aromatic rings. The molecule has 1 amide bonds. The number of sulfone groups is 1. The first-order valence-corrected chi connectivity index (χ1v) is 12.4. The number of hydrogen-bond donors (Lipinski definition) is 0. The van der Waals surface area contributed by atoms with Crippen LogP contribution in [0.4, 0.5) is 5.13 Å². The Morgan fingerprint density at radius 3 is 2.39 bits per heavy atom. The maximum atomic E-state index is 13.7. The highest BCUT2D eigenvalue weighted by molar-refractivity contribution is 7.91. The van der Waals surface area contributed by atoms with Crippen LogP contribution in [0.5, 0.6) is 0 Å². The van der Waals surface area contributed by atoms with Crippen molar-refractivity contribution in [3.8, 4) is 0 Å². The number of carbonyl (C=O) groups is 1. The van der Waals surface area contributed by atoms with Crippen molar-refractivity contribution in [3.05, 3.63) is 89.5 Å². The van der Waals surface area contributed by atoms with Crippen LogP contribution in [0.2, 0.25) is 0 Å². The Balaban J connectivity index is 1.85. The van der Waals surface area contributed by atoms with Gasteiger partial charge in [-0.2, -0.15) is 0 Å². The van der Waals surface area contributed by atoms with Gasteiger partial charge in [-0.1, -0.05) is 72.9 Å². The minimum absolute atomic E-state index is 0.0536. The van der Waals surface area contributed by atoms with Crippen LogP contribution in [0.15, 0.2) is 77.7 Å². The number of carbonyl (C=O) groups excluding carboxylic acids is 1. The Labute approximate surface area is 185 Å². The normalized spacial score (nSPS) is 11.5. The summed E-state index contributed by atoms with van der Waals surface area (Å²) in [6, 6.07) is 21.9. The minimum Gasteiger partial charge on any atom is -0.279 e. The van der Waals surface area contributed by atoms with E-state index < -0.39 is 9.84 Å². The molecule has 0 saturated carbocycles. The molecule has 0 atom stereocenters. The number of para-hydroxylation sites is 1. The molecular formula is C24H22N2O3S2. The molecule has 1 heterocycles. The Hall–Kier alpha value is -3.03. The smallest absolute Gasteiger partial charge is 0.261 e. The second kappa shape index (κ2) is 8.61. The second-order valence-corrected chi connectivity index (χ2v) is 10.5. The number of hydrogen-bond acceptors (Lipinski definition) is 5. The lowest BCUT2D eigenvalue weighted by atomic mass is 10.1. The highest BCUT2D eigenvalue weighted by Crippen LogP contribution is 2.33. The number of amides is 1. The van der Waals surface area contributed by atoms with Crippen LogP contribution in [0.3, 0.4) is 0 Å². The monoisotopic (exact) mass is 450 g/mol. The SMILES string of the molecule is CCS(=O)(=O)c1ccccc1C(=O)N(Cc1ccccc1)c1nc2c(C)cccc2s1. The first kappa shape index (κ1) is 21.2. The van der Waals surface area contributed by atoms with Crippen molar-refractivity contribution in [2.24, 2.45) is 0 Å². The molecule has 5 nitrogen and oxygen atoms in total. The molecule has 0 aliphatic heterocycles. The van der Waals surface area contributed by atoms with Crippen LogP contribution in [0, 0.1) is 6.92 Å². The van der Waals surface area contributed by atoms with E-state index in [1.807, 2.05) is 55.5 Å². The van der Waals surface area contributed by atoms with Gasteiger partial charge >= 0.3 is 0 Å². The van der Waals surface area contributed by atoms with E-state index in [1.54, 1.807) is 30.0 Å². The van der Waals surface area contributed by atoms with Crippen molar-refractivity contribution >= 4 is 42.4 Å². The first-order chi connectivity index (χ1) is 14.9. The van der Waals surface area contributed by atoms with E-state index >= 15 is 0 Å². The molecule has 158 valence electrons. The fraction of sp³-hybridized carbons (Fsp3) is 0.167. The lowest BCUT2D eigenvalue weighted by Crippen LogP contribution is -2.31. The van der Waals surface area contributed by atoms with Gasteiger partial charge in [0.15, 0.2) is 15.0 Å².